The molecule has 13 N–H and O–H groups in total. The standard InChI is InChI=1S/C23H39NO19/c1-6(28)24-11-15(34)17(10(5-27)39-20(11)36)41-21-16(35)19(14(33)9(4-26)40-21)43-23(22(37)38)2-7(29)12(31)18(42-23)13(32)8(30)3-25/h7-21,25-27,29-36H,2-5H2,1H3,(H,24,28)(H,37,38)/t7-,8+,9+,10+,11+,12+,13+,14-,15+,16+,17+,18+,19-,20?,21-,23-/m0/s1. The van der Waals surface area contributed by atoms with Gasteiger partial charge in [0, 0.05) is 13.3 Å². The van der Waals surface area contributed by atoms with Crippen molar-refractivity contribution >= 4 is 11.9 Å². The smallest absolute Gasteiger partial charge is 0.364 e. The molecule has 0 spiro atoms. The van der Waals surface area contributed by atoms with E-state index in [4.69, 9.17) is 28.8 Å². The van der Waals surface area contributed by atoms with Gasteiger partial charge in [0.25, 0.3) is 5.79 Å². The van der Waals surface area contributed by atoms with Crippen LogP contribution in [0.5, 0.6) is 0 Å². The van der Waals surface area contributed by atoms with E-state index >= 15 is 0 Å². The molecule has 0 aromatic carbocycles. The second-order valence-corrected chi connectivity index (χ2v) is 10.5. The van der Waals surface area contributed by atoms with E-state index in [0.717, 1.165) is 6.92 Å². The number of amides is 1. The molecule has 3 heterocycles. The lowest BCUT2D eigenvalue weighted by Crippen LogP contribution is -2.69. The van der Waals surface area contributed by atoms with Crippen LogP contribution in [0.25, 0.3) is 0 Å². The summed E-state index contributed by atoms with van der Waals surface area (Å²) in [5.41, 5.74) is 0. The minimum absolute atomic E-state index is 0.688. The van der Waals surface area contributed by atoms with Crippen LogP contribution < -0.4 is 5.32 Å². The summed E-state index contributed by atoms with van der Waals surface area (Å²) in [5.74, 6) is -5.70. The van der Waals surface area contributed by atoms with Crippen LogP contribution in [0.15, 0.2) is 0 Å². The number of ether oxygens (including phenoxy) is 5. The van der Waals surface area contributed by atoms with Crippen LogP contribution in [-0.2, 0) is 33.3 Å². The largest absolute Gasteiger partial charge is 0.477 e. The van der Waals surface area contributed by atoms with Gasteiger partial charge in [-0.15, -0.1) is 0 Å². The minimum Gasteiger partial charge on any atom is -0.477 e. The average Bonchev–Trinajstić information content (AvgIpc) is 2.96. The minimum atomic E-state index is -3.03. The van der Waals surface area contributed by atoms with Gasteiger partial charge in [-0.2, -0.15) is 0 Å². The van der Waals surface area contributed by atoms with Crippen LogP contribution >= 0.6 is 0 Å². The molecule has 0 radical (unpaired) electrons. The number of carboxylic acid groups (broad SMARTS) is 1. The Kier molecular flexibility index (Phi) is 12.1. The molecular formula is C23H39NO19. The number of aliphatic hydroxyl groups excluding tert-OH is 11. The fraction of sp³-hybridized carbons (Fsp3) is 0.913. The number of nitrogens with one attached hydrogen (secondary N) is 1. The zero-order valence-corrected chi connectivity index (χ0v) is 22.7. The molecule has 0 aliphatic carbocycles. The Morgan fingerprint density at radius 2 is 1.53 bits per heavy atom. The highest BCUT2D eigenvalue weighted by Gasteiger charge is 2.59. The number of aliphatic hydroxyl groups is 11. The van der Waals surface area contributed by atoms with Gasteiger partial charge in [0.15, 0.2) is 12.6 Å². The summed E-state index contributed by atoms with van der Waals surface area (Å²) in [4.78, 5) is 24.0. The van der Waals surface area contributed by atoms with Crippen molar-refractivity contribution in [3.63, 3.8) is 0 Å². The molecule has 20 heteroatoms. The predicted octanol–water partition coefficient (Wildman–Crippen LogP) is -8.22. The van der Waals surface area contributed by atoms with E-state index in [1.54, 1.807) is 0 Å². The Morgan fingerprint density at radius 3 is 2.07 bits per heavy atom. The topological polar surface area (TPSA) is 335 Å². The van der Waals surface area contributed by atoms with Gasteiger partial charge in [-0.05, 0) is 0 Å². The highest BCUT2D eigenvalue weighted by Crippen LogP contribution is 2.38. The van der Waals surface area contributed by atoms with Crippen LogP contribution in [0.1, 0.15) is 13.3 Å². The van der Waals surface area contributed by atoms with Crippen molar-refractivity contribution in [2.45, 2.75) is 111 Å². The van der Waals surface area contributed by atoms with Gasteiger partial charge in [-0.3, -0.25) is 4.79 Å². The summed E-state index contributed by atoms with van der Waals surface area (Å²) in [5, 5.41) is 125. The van der Waals surface area contributed by atoms with Gasteiger partial charge < -0.3 is 90.3 Å². The Labute approximate surface area is 243 Å². The van der Waals surface area contributed by atoms with Crippen molar-refractivity contribution in [2.24, 2.45) is 0 Å². The summed E-state index contributed by atoms with van der Waals surface area (Å²) in [6.07, 6.45) is -27.9. The third-order valence-electron chi connectivity index (χ3n) is 7.46. The summed E-state index contributed by atoms with van der Waals surface area (Å²) >= 11 is 0. The Balaban J connectivity index is 1.92. The summed E-state index contributed by atoms with van der Waals surface area (Å²) < 4.78 is 26.9. The van der Waals surface area contributed by atoms with Crippen molar-refractivity contribution in [3.8, 4) is 0 Å². The fourth-order valence-corrected chi connectivity index (χ4v) is 5.14. The van der Waals surface area contributed by atoms with Gasteiger partial charge in [0.2, 0.25) is 5.91 Å². The molecule has 3 saturated heterocycles. The van der Waals surface area contributed by atoms with Gasteiger partial charge in [0.1, 0.15) is 73.2 Å². The quantitative estimate of drug-likeness (QED) is 0.100. The lowest BCUT2D eigenvalue weighted by atomic mass is 9.90. The number of carbonyl (C=O) groups is 2. The van der Waals surface area contributed by atoms with Crippen LogP contribution in [0.3, 0.4) is 0 Å². The third-order valence-corrected chi connectivity index (χ3v) is 7.46. The molecule has 0 bridgehead atoms. The van der Waals surface area contributed by atoms with Gasteiger partial charge >= 0.3 is 5.97 Å². The maximum atomic E-state index is 12.4. The Bertz CT molecular complexity index is 944. The Hall–Kier alpha value is -1.70. The predicted molar refractivity (Wildman–Crippen MR) is 130 cm³/mol. The molecule has 43 heavy (non-hydrogen) atoms. The number of carbonyl (C=O) groups excluding carboxylic acids is 1. The van der Waals surface area contributed by atoms with Crippen molar-refractivity contribution in [1.82, 2.24) is 5.32 Å². The summed E-state index contributed by atoms with van der Waals surface area (Å²) in [6.45, 7) is -1.81. The second-order valence-electron chi connectivity index (χ2n) is 10.5. The molecule has 3 rings (SSSR count). The van der Waals surface area contributed by atoms with E-state index < -0.39 is 136 Å². The molecule has 1 amide bonds. The van der Waals surface area contributed by atoms with E-state index in [-0.39, 0.29) is 0 Å². The van der Waals surface area contributed by atoms with Crippen molar-refractivity contribution in [2.75, 3.05) is 19.8 Å². The molecule has 3 fully saturated rings. The van der Waals surface area contributed by atoms with Crippen molar-refractivity contribution in [3.05, 3.63) is 0 Å². The molecule has 0 aromatic rings. The summed E-state index contributed by atoms with van der Waals surface area (Å²) in [6, 6.07) is -1.49. The highest BCUT2D eigenvalue weighted by molar-refractivity contribution is 5.76. The fourth-order valence-electron chi connectivity index (χ4n) is 5.14. The highest BCUT2D eigenvalue weighted by atomic mass is 16.8. The SMILES string of the molecule is CC(=O)N[C@H]1C(O)O[C@H](CO)[C@@H](O[C@@H]2O[C@H](CO)[C@H](O)[C@H](O[C@]3(C(=O)O)C[C@H](O)[C@@H](O)[C@H]([C@H](O)[C@H](O)CO)O3)[C@H]2O)[C@@H]1O. The first-order valence-electron chi connectivity index (χ1n) is 13.2. The van der Waals surface area contributed by atoms with Crippen LogP contribution in [-0.4, -0.2) is 191 Å². The van der Waals surface area contributed by atoms with E-state index in [1.165, 1.54) is 0 Å². The number of hydrogen-bond donors (Lipinski definition) is 13. The average molecular weight is 634 g/mol. The van der Waals surface area contributed by atoms with Crippen LogP contribution in [0.2, 0.25) is 0 Å². The van der Waals surface area contributed by atoms with Gasteiger partial charge in [0.05, 0.1) is 25.9 Å². The van der Waals surface area contributed by atoms with E-state index in [9.17, 15) is 65.8 Å². The number of carboxylic acids is 1. The molecule has 16 atom stereocenters. The monoisotopic (exact) mass is 633 g/mol. The van der Waals surface area contributed by atoms with E-state index in [2.05, 4.69) is 5.32 Å². The maximum absolute atomic E-state index is 12.4. The first-order valence-corrected chi connectivity index (χ1v) is 13.2. The van der Waals surface area contributed by atoms with Gasteiger partial charge in [-0.1, -0.05) is 0 Å². The van der Waals surface area contributed by atoms with E-state index in [1.807, 2.05) is 0 Å². The molecule has 250 valence electrons. The zero-order valence-electron chi connectivity index (χ0n) is 22.7. The van der Waals surface area contributed by atoms with Gasteiger partial charge in [-0.25, -0.2) is 4.79 Å². The molecule has 3 aliphatic rings. The maximum Gasteiger partial charge on any atom is 0.364 e. The van der Waals surface area contributed by atoms with Crippen molar-refractivity contribution < 1.29 is 94.6 Å². The second kappa shape index (κ2) is 14.6. The molecule has 0 aromatic heterocycles. The number of aliphatic carboxylic acids is 1. The van der Waals surface area contributed by atoms with Crippen molar-refractivity contribution in [1.29, 1.82) is 0 Å². The van der Waals surface area contributed by atoms with Crippen LogP contribution in [0.4, 0.5) is 0 Å². The van der Waals surface area contributed by atoms with E-state index in [0.29, 0.717) is 0 Å². The molecule has 0 saturated carbocycles. The third kappa shape index (κ3) is 7.41. The normalized spacial score (nSPS) is 45.3. The lowest BCUT2D eigenvalue weighted by Gasteiger charge is -2.50. The molecule has 1 unspecified atom stereocenters. The number of hydrogen-bond acceptors (Lipinski definition) is 18. The van der Waals surface area contributed by atoms with Crippen LogP contribution in [0, 0.1) is 0 Å². The molecular weight excluding hydrogens is 594 g/mol. The molecule has 20 nitrogen and oxygen atoms in total. The first-order chi connectivity index (χ1) is 20.1. The first kappa shape index (κ1) is 35.8. The molecule has 3 aliphatic heterocycles. The number of rotatable bonds is 11. The zero-order chi connectivity index (χ0) is 32.4. The lowest BCUT2D eigenvalue weighted by molar-refractivity contribution is -0.386. The Morgan fingerprint density at radius 1 is 0.907 bits per heavy atom. The summed E-state index contributed by atoms with van der Waals surface area (Å²) in [7, 11) is 0.